The molecule has 1 fully saturated rings. The second-order valence-electron chi connectivity index (χ2n) is 11.7. The number of quaternary nitrogens is 1. The van der Waals surface area contributed by atoms with Crippen LogP contribution in [0.5, 0.6) is 0 Å². The summed E-state index contributed by atoms with van der Waals surface area (Å²) >= 11 is 0. The number of carbonyl (C=O) groups is 2. The summed E-state index contributed by atoms with van der Waals surface area (Å²) in [4.78, 5) is 33.4. The number of piperidine rings is 1. The Morgan fingerprint density at radius 2 is 1.76 bits per heavy atom. The molecule has 5 rings (SSSR count). The molecule has 1 aliphatic carbocycles. The van der Waals surface area contributed by atoms with Gasteiger partial charge in [0.05, 0.1) is 7.05 Å². The van der Waals surface area contributed by atoms with Crippen LogP contribution in [0.25, 0.3) is 0 Å². The first kappa shape index (κ1) is 29.6. The maximum Gasteiger partial charge on any atom is 0.511 e. The van der Waals surface area contributed by atoms with Gasteiger partial charge in [0.25, 0.3) is 5.91 Å². The number of aryl methyl sites for hydroxylation is 3. The Balaban J connectivity index is 1.32. The van der Waals surface area contributed by atoms with Crippen molar-refractivity contribution >= 4 is 17.7 Å². The number of aromatic nitrogens is 1. The molecule has 2 aliphatic heterocycles. The van der Waals surface area contributed by atoms with Crippen LogP contribution in [-0.2, 0) is 11.2 Å². The van der Waals surface area contributed by atoms with Gasteiger partial charge in [0.2, 0.25) is 0 Å². The molecule has 2 unspecified atom stereocenters. The van der Waals surface area contributed by atoms with Gasteiger partial charge >= 0.3 is 12.3 Å². The highest BCUT2D eigenvalue weighted by atomic mass is 19.4. The quantitative estimate of drug-likeness (QED) is 0.347. The van der Waals surface area contributed by atoms with Crippen molar-refractivity contribution in [3.8, 4) is 0 Å². The van der Waals surface area contributed by atoms with Crippen LogP contribution in [0.2, 0.25) is 0 Å². The highest BCUT2D eigenvalue weighted by molar-refractivity contribution is 5.94. The smallest absolute Gasteiger partial charge is 0.449 e. The van der Waals surface area contributed by atoms with Crippen molar-refractivity contribution in [1.82, 2.24) is 9.88 Å². The zero-order chi connectivity index (χ0) is 30.4. The van der Waals surface area contributed by atoms with Gasteiger partial charge in [-0.1, -0.05) is 6.07 Å². The Bertz CT molecular complexity index is 1440. The number of allylic oxidation sites excluding steroid dienone is 1. The number of hydrogen-bond acceptors (Lipinski definition) is 5. The Labute approximate surface area is 243 Å². The number of carboxylic acid groups (broad SMARTS) is 1. The molecule has 0 bridgehead atoms. The van der Waals surface area contributed by atoms with E-state index in [4.69, 9.17) is 5.11 Å². The third kappa shape index (κ3) is 5.88. The fourth-order valence-corrected chi connectivity index (χ4v) is 6.63. The topological polar surface area (TPSA) is 83.0 Å². The van der Waals surface area contributed by atoms with E-state index in [2.05, 4.69) is 26.8 Å². The predicted octanol–water partition coefficient (Wildman–Crippen LogP) is 5.91. The molecule has 224 valence electrons. The van der Waals surface area contributed by atoms with E-state index in [-0.39, 0.29) is 29.0 Å². The van der Waals surface area contributed by atoms with Gasteiger partial charge in [0, 0.05) is 60.8 Å². The van der Waals surface area contributed by atoms with Crippen LogP contribution in [0.1, 0.15) is 58.2 Å². The van der Waals surface area contributed by atoms with Gasteiger partial charge < -0.3 is 19.6 Å². The summed E-state index contributed by atoms with van der Waals surface area (Å²) in [5, 5.41) is 9.08. The molecule has 1 aromatic carbocycles. The van der Waals surface area contributed by atoms with Crippen LogP contribution in [0, 0.1) is 13.8 Å². The fraction of sp³-hybridized carbons (Fsp3) is 0.452. The third-order valence-corrected chi connectivity index (χ3v) is 8.78. The van der Waals surface area contributed by atoms with Crippen molar-refractivity contribution in [1.29, 1.82) is 0 Å². The molecule has 0 saturated carbocycles. The van der Waals surface area contributed by atoms with Gasteiger partial charge in [-0.3, -0.25) is 14.3 Å². The number of carbonyl (C=O) groups excluding carboxylic acids is 1. The number of benzene rings is 1. The normalized spacial score (nSPS) is 22.7. The Hall–Kier alpha value is -3.86. The van der Waals surface area contributed by atoms with Gasteiger partial charge in [-0.05, 0) is 69.0 Å². The molecule has 11 heteroatoms. The molecule has 1 N–H and O–H groups in total. The van der Waals surface area contributed by atoms with Crippen molar-refractivity contribution < 1.29 is 37.1 Å². The van der Waals surface area contributed by atoms with Crippen LogP contribution < -0.4 is 4.90 Å². The number of nitrogens with zero attached hydrogens (tertiary/aromatic N) is 4. The summed E-state index contributed by atoms with van der Waals surface area (Å²) < 4.78 is 45.3. The number of rotatable bonds is 5. The van der Waals surface area contributed by atoms with Crippen molar-refractivity contribution in [2.75, 3.05) is 38.6 Å². The summed E-state index contributed by atoms with van der Waals surface area (Å²) in [5.41, 5.74) is 4.48. The van der Waals surface area contributed by atoms with Crippen molar-refractivity contribution in [3.05, 3.63) is 82.0 Å². The number of likely N-dealkylation sites (N-methyl/N-ethyl adjacent to an activating group) is 1. The number of fused-ring (bicyclic) bond motifs is 1. The van der Waals surface area contributed by atoms with E-state index < -0.39 is 23.7 Å². The first-order valence-electron chi connectivity index (χ1n) is 14.1. The first-order chi connectivity index (χ1) is 19.7. The third-order valence-electron chi connectivity index (χ3n) is 8.78. The van der Waals surface area contributed by atoms with Gasteiger partial charge in [0.1, 0.15) is 24.4 Å². The number of amides is 1. The zero-order valence-electron chi connectivity index (χ0n) is 24.2. The molecule has 3 aliphatic rings. The highest BCUT2D eigenvalue weighted by Crippen LogP contribution is 2.44. The molecule has 8 nitrogen and oxygen atoms in total. The van der Waals surface area contributed by atoms with E-state index in [0.29, 0.717) is 18.4 Å². The second kappa shape index (κ2) is 11.1. The van der Waals surface area contributed by atoms with Crippen LogP contribution in [-0.4, -0.2) is 77.5 Å². The van der Waals surface area contributed by atoms with Crippen LogP contribution in [0.4, 0.5) is 23.7 Å². The molecule has 42 heavy (non-hydrogen) atoms. The monoisotopic (exact) mass is 585 g/mol. The van der Waals surface area contributed by atoms with Crippen LogP contribution in [0.15, 0.2) is 53.9 Å². The molecule has 1 saturated heterocycles. The van der Waals surface area contributed by atoms with Gasteiger partial charge in [-0.2, -0.15) is 13.2 Å². The summed E-state index contributed by atoms with van der Waals surface area (Å²) in [6.07, 6.45) is -1.27. The molecular weight excluding hydrogens is 549 g/mol. The molecule has 3 heterocycles. The highest BCUT2D eigenvalue weighted by Gasteiger charge is 2.46. The molecule has 1 aromatic heterocycles. The number of anilines is 1. The molecule has 1 amide bonds. The minimum atomic E-state index is -4.74. The average Bonchev–Trinajstić information content (AvgIpc) is 3.35. The standard InChI is InChI=1S/C31H35F3N4O4/c1-19-15-24(16-20(2)35-19)37-12-9-23(10-13-37)36(3)29(39)22-6-5-21-7-8-27(25(21)17-22)38(4)14-11-26(31(32,33)34)28(18-38)42-30(40)41/h5-6,11,15-18,23,27H,7-10,12-14H2,1-4H3/p+1. The lowest BCUT2D eigenvalue weighted by molar-refractivity contribution is -0.887. The van der Waals surface area contributed by atoms with E-state index in [9.17, 15) is 22.8 Å². The Morgan fingerprint density at radius 1 is 1.10 bits per heavy atom. The number of alkyl halides is 3. The second-order valence-corrected chi connectivity index (χ2v) is 11.7. The predicted molar refractivity (Wildman–Crippen MR) is 151 cm³/mol. The lowest BCUT2D eigenvalue weighted by Gasteiger charge is -2.39. The van der Waals surface area contributed by atoms with Crippen molar-refractivity contribution in [3.63, 3.8) is 0 Å². The largest absolute Gasteiger partial charge is 0.511 e. The van der Waals surface area contributed by atoms with Gasteiger partial charge in [-0.15, -0.1) is 0 Å². The molecule has 0 radical (unpaired) electrons. The summed E-state index contributed by atoms with van der Waals surface area (Å²) in [6.45, 7) is 5.64. The zero-order valence-corrected chi connectivity index (χ0v) is 24.2. The van der Waals surface area contributed by atoms with Gasteiger partial charge in [0.15, 0.2) is 5.76 Å². The molecule has 2 atom stereocenters. The average molecular weight is 586 g/mol. The van der Waals surface area contributed by atoms with E-state index in [1.165, 1.54) is 6.20 Å². The Morgan fingerprint density at radius 3 is 2.38 bits per heavy atom. The number of halogens is 3. The van der Waals surface area contributed by atoms with E-state index >= 15 is 0 Å². The van der Waals surface area contributed by atoms with E-state index in [1.54, 1.807) is 11.9 Å². The fourth-order valence-electron chi connectivity index (χ4n) is 6.63. The maximum absolute atomic E-state index is 13.6. The summed E-state index contributed by atoms with van der Waals surface area (Å²) in [7, 11) is 3.59. The molecular formula is C31H36F3N4O4+. The minimum Gasteiger partial charge on any atom is -0.449 e. The molecule has 2 aromatic rings. The van der Waals surface area contributed by atoms with Gasteiger partial charge in [-0.25, -0.2) is 4.79 Å². The number of pyridine rings is 1. The minimum absolute atomic E-state index is 0.00902. The van der Waals surface area contributed by atoms with E-state index in [0.717, 1.165) is 60.2 Å². The van der Waals surface area contributed by atoms with Crippen molar-refractivity contribution in [2.45, 2.75) is 57.8 Å². The van der Waals surface area contributed by atoms with Crippen LogP contribution >= 0.6 is 0 Å². The van der Waals surface area contributed by atoms with E-state index in [1.807, 2.05) is 39.1 Å². The van der Waals surface area contributed by atoms with Crippen LogP contribution in [0.3, 0.4) is 0 Å². The lowest BCUT2D eigenvalue weighted by Crippen LogP contribution is -2.46. The lowest BCUT2D eigenvalue weighted by atomic mass is 9.98. The van der Waals surface area contributed by atoms with Crippen molar-refractivity contribution in [2.24, 2.45) is 0 Å². The SMILES string of the molecule is Cc1cc(N2CCC(N(C)C(=O)c3ccc4c(c3)C([N+]3(C)C=C(OC(=O)O)C(C(F)(F)F)=CC3)CC4)CC2)cc(C)n1. The Kier molecular flexibility index (Phi) is 7.82. The summed E-state index contributed by atoms with van der Waals surface area (Å²) in [6, 6.07) is 9.61. The first-order valence-corrected chi connectivity index (χ1v) is 14.1. The number of ether oxygens (including phenoxy) is 1. The summed E-state index contributed by atoms with van der Waals surface area (Å²) in [5.74, 6) is -0.809. The maximum atomic E-state index is 13.6. The molecule has 0 spiro atoms. The number of hydrogen-bond donors (Lipinski definition) is 1.